The Morgan fingerprint density at radius 1 is 1.21 bits per heavy atom. The van der Waals surface area contributed by atoms with Gasteiger partial charge in [-0.2, -0.15) is 0 Å². The molecule has 1 aliphatic heterocycles. The maximum absolute atomic E-state index is 13.1. The Hall–Kier alpha value is -2.60. The molecule has 0 radical (unpaired) electrons. The molecule has 1 saturated heterocycles. The quantitative estimate of drug-likeness (QED) is 0.689. The van der Waals surface area contributed by atoms with Gasteiger partial charge in [-0.25, -0.2) is 4.98 Å². The Morgan fingerprint density at radius 2 is 2.03 bits per heavy atom. The highest BCUT2D eigenvalue weighted by molar-refractivity contribution is 5.99. The number of rotatable bonds is 6. The first-order valence-corrected chi connectivity index (χ1v) is 10.7. The second-order valence-corrected chi connectivity index (χ2v) is 8.51. The summed E-state index contributed by atoms with van der Waals surface area (Å²) in [6.07, 6.45) is 8.39. The van der Waals surface area contributed by atoms with Gasteiger partial charge in [0.25, 0.3) is 5.91 Å². The highest BCUT2D eigenvalue weighted by atomic mass is 16.3. The Bertz CT molecular complexity index is 982. The number of piperidine rings is 1. The minimum atomic E-state index is -0.109. The van der Waals surface area contributed by atoms with Crippen molar-refractivity contribution in [2.45, 2.75) is 44.6 Å². The summed E-state index contributed by atoms with van der Waals surface area (Å²) in [5.74, 6) is 3.06. The molecule has 1 atom stereocenters. The molecule has 152 valence electrons. The summed E-state index contributed by atoms with van der Waals surface area (Å²) in [4.78, 5) is 20.2. The van der Waals surface area contributed by atoms with Crippen molar-refractivity contribution < 1.29 is 9.21 Å². The maximum Gasteiger partial charge on any atom is 0.272 e. The number of hydrogen-bond donors (Lipinski definition) is 1. The molecule has 6 nitrogen and oxygen atoms in total. The number of nitrogens with zero attached hydrogens (tertiary/aromatic N) is 3. The summed E-state index contributed by atoms with van der Waals surface area (Å²) in [6, 6.07) is 9.91. The van der Waals surface area contributed by atoms with Gasteiger partial charge in [-0.3, -0.25) is 9.69 Å². The van der Waals surface area contributed by atoms with E-state index in [9.17, 15) is 4.79 Å². The van der Waals surface area contributed by atoms with Crippen LogP contribution in [-0.2, 0) is 0 Å². The van der Waals surface area contributed by atoms with Gasteiger partial charge in [0.1, 0.15) is 11.6 Å². The van der Waals surface area contributed by atoms with E-state index < -0.39 is 0 Å². The van der Waals surface area contributed by atoms with Gasteiger partial charge < -0.3 is 14.1 Å². The molecule has 1 amide bonds. The van der Waals surface area contributed by atoms with E-state index in [1.54, 1.807) is 6.26 Å². The zero-order chi connectivity index (χ0) is 19.8. The molecule has 1 aliphatic carbocycles. The molecule has 1 N–H and O–H groups in total. The minimum absolute atomic E-state index is 0.0539. The largest absolute Gasteiger partial charge is 0.468 e. The number of nitrogens with one attached hydrogen (secondary N) is 1. The van der Waals surface area contributed by atoms with Gasteiger partial charge in [-0.05, 0) is 69.0 Å². The van der Waals surface area contributed by atoms with Crippen LogP contribution in [0.1, 0.15) is 66.6 Å². The fourth-order valence-electron chi connectivity index (χ4n) is 4.36. The maximum atomic E-state index is 13.1. The Labute approximate surface area is 170 Å². The predicted molar refractivity (Wildman–Crippen MR) is 111 cm³/mol. The van der Waals surface area contributed by atoms with Crippen molar-refractivity contribution in [3.05, 3.63) is 60.1 Å². The van der Waals surface area contributed by atoms with E-state index in [0.29, 0.717) is 18.2 Å². The smallest absolute Gasteiger partial charge is 0.272 e. The van der Waals surface area contributed by atoms with Crippen LogP contribution in [0.4, 0.5) is 0 Å². The van der Waals surface area contributed by atoms with Crippen molar-refractivity contribution in [3.63, 3.8) is 0 Å². The second kappa shape index (κ2) is 7.67. The number of aromatic nitrogens is 2. The molecular formula is C23H28N4O2. The van der Waals surface area contributed by atoms with Gasteiger partial charge in [0.05, 0.1) is 17.8 Å². The molecule has 0 bridgehead atoms. The number of furan rings is 1. The van der Waals surface area contributed by atoms with Gasteiger partial charge in [0.2, 0.25) is 0 Å². The SMILES string of the molecule is CC1CCN(C(CNC(=O)c2nc(C3CC3)n3ccccc23)c2ccco2)CC1. The monoisotopic (exact) mass is 392 g/mol. The number of fused-ring (bicyclic) bond motifs is 1. The van der Waals surface area contributed by atoms with Crippen LogP contribution in [-0.4, -0.2) is 39.8 Å². The third-order valence-corrected chi connectivity index (χ3v) is 6.32. The Morgan fingerprint density at radius 3 is 2.76 bits per heavy atom. The topological polar surface area (TPSA) is 62.8 Å². The summed E-state index contributed by atoms with van der Waals surface area (Å²) in [7, 11) is 0. The van der Waals surface area contributed by atoms with Crippen molar-refractivity contribution in [1.29, 1.82) is 0 Å². The van der Waals surface area contributed by atoms with Crippen molar-refractivity contribution in [3.8, 4) is 0 Å². The van der Waals surface area contributed by atoms with Crippen molar-refractivity contribution >= 4 is 11.4 Å². The number of carbonyl (C=O) groups excluding carboxylic acids is 1. The highest BCUT2D eigenvalue weighted by Gasteiger charge is 2.31. The van der Waals surface area contributed by atoms with Crippen molar-refractivity contribution in [2.75, 3.05) is 19.6 Å². The molecule has 3 aromatic rings. The molecule has 5 rings (SSSR count). The summed E-state index contributed by atoms with van der Waals surface area (Å²) >= 11 is 0. The average Bonchev–Trinajstić information content (AvgIpc) is 3.30. The molecule has 3 aromatic heterocycles. The van der Waals surface area contributed by atoms with Crippen molar-refractivity contribution in [2.24, 2.45) is 5.92 Å². The lowest BCUT2D eigenvalue weighted by Gasteiger charge is -2.35. The van der Waals surface area contributed by atoms with Crippen LogP contribution in [0.2, 0.25) is 0 Å². The zero-order valence-corrected chi connectivity index (χ0v) is 16.9. The van der Waals surface area contributed by atoms with E-state index >= 15 is 0 Å². The molecule has 0 aromatic carbocycles. The molecular weight excluding hydrogens is 364 g/mol. The second-order valence-electron chi connectivity index (χ2n) is 8.51. The Kier molecular flexibility index (Phi) is 4.87. The van der Waals surface area contributed by atoms with Gasteiger partial charge >= 0.3 is 0 Å². The third kappa shape index (κ3) is 3.69. The number of amides is 1. The number of hydrogen-bond acceptors (Lipinski definition) is 4. The molecule has 29 heavy (non-hydrogen) atoms. The molecule has 4 heterocycles. The highest BCUT2D eigenvalue weighted by Crippen LogP contribution is 2.40. The zero-order valence-electron chi connectivity index (χ0n) is 16.9. The normalized spacial score (nSPS) is 19.5. The summed E-state index contributed by atoms with van der Waals surface area (Å²) in [5, 5.41) is 3.14. The average molecular weight is 393 g/mol. The lowest BCUT2D eigenvalue weighted by molar-refractivity contribution is 0.0893. The van der Waals surface area contributed by atoms with Crippen LogP contribution >= 0.6 is 0 Å². The van der Waals surface area contributed by atoms with Crippen LogP contribution < -0.4 is 5.32 Å². The van der Waals surface area contributed by atoms with Crippen LogP contribution in [0, 0.1) is 5.92 Å². The summed E-state index contributed by atoms with van der Waals surface area (Å²) in [6.45, 7) is 4.89. The third-order valence-electron chi connectivity index (χ3n) is 6.32. The fraction of sp³-hybridized carbons (Fsp3) is 0.478. The first-order chi connectivity index (χ1) is 14.2. The molecule has 2 fully saturated rings. The molecule has 0 spiro atoms. The van der Waals surface area contributed by atoms with E-state index in [2.05, 4.69) is 21.5 Å². The van der Waals surface area contributed by atoms with E-state index in [-0.39, 0.29) is 11.9 Å². The first kappa shape index (κ1) is 18.4. The van der Waals surface area contributed by atoms with E-state index in [0.717, 1.165) is 49.0 Å². The number of imidazole rings is 1. The van der Waals surface area contributed by atoms with E-state index in [4.69, 9.17) is 9.40 Å². The van der Waals surface area contributed by atoms with E-state index in [1.165, 1.54) is 12.8 Å². The minimum Gasteiger partial charge on any atom is -0.468 e. The number of likely N-dealkylation sites (tertiary alicyclic amines) is 1. The predicted octanol–water partition coefficient (Wildman–Crippen LogP) is 4.01. The van der Waals surface area contributed by atoms with Gasteiger partial charge in [0.15, 0.2) is 5.69 Å². The lowest BCUT2D eigenvalue weighted by Crippen LogP contribution is -2.41. The lowest BCUT2D eigenvalue weighted by atomic mass is 9.97. The molecule has 1 unspecified atom stereocenters. The standard InChI is InChI=1S/C23H28N4O2/c1-16-9-12-26(13-10-16)19(20-6-4-14-29-20)15-24-23(28)21-18-5-2-3-11-27(18)22(25-21)17-7-8-17/h2-6,11,14,16-17,19H,7-10,12-13,15H2,1H3,(H,24,28). The van der Waals surface area contributed by atoms with Crippen LogP contribution in [0.25, 0.3) is 5.52 Å². The van der Waals surface area contributed by atoms with E-state index in [1.807, 2.05) is 36.5 Å². The Balaban J connectivity index is 1.35. The summed E-state index contributed by atoms with van der Waals surface area (Å²) in [5.41, 5.74) is 1.41. The number of pyridine rings is 1. The van der Waals surface area contributed by atoms with Gasteiger partial charge in [0, 0.05) is 18.7 Å². The fourth-order valence-corrected chi connectivity index (χ4v) is 4.36. The summed E-state index contributed by atoms with van der Waals surface area (Å²) < 4.78 is 7.79. The van der Waals surface area contributed by atoms with Gasteiger partial charge in [-0.1, -0.05) is 13.0 Å². The molecule has 1 saturated carbocycles. The van der Waals surface area contributed by atoms with Crippen LogP contribution in [0.3, 0.4) is 0 Å². The first-order valence-electron chi connectivity index (χ1n) is 10.7. The molecule has 6 heteroatoms. The van der Waals surface area contributed by atoms with Crippen LogP contribution in [0.15, 0.2) is 47.2 Å². The van der Waals surface area contributed by atoms with Gasteiger partial charge in [-0.15, -0.1) is 0 Å². The van der Waals surface area contributed by atoms with Crippen molar-refractivity contribution in [1.82, 2.24) is 19.6 Å². The molecule has 2 aliphatic rings. The van der Waals surface area contributed by atoms with Crippen LogP contribution in [0.5, 0.6) is 0 Å². The number of carbonyl (C=O) groups is 1.